The van der Waals surface area contributed by atoms with Crippen LogP contribution >= 0.6 is 12.2 Å². The minimum atomic E-state index is -0.492. The van der Waals surface area contributed by atoms with Gasteiger partial charge in [-0.2, -0.15) is 0 Å². The van der Waals surface area contributed by atoms with E-state index in [2.05, 4.69) is 0 Å². The Labute approximate surface area is 115 Å². The van der Waals surface area contributed by atoms with Crippen LogP contribution in [-0.4, -0.2) is 12.0 Å². The second-order valence-corrected chi connectivity index (χ2v) is 4.48. The van der Waals surface area contributed by atoms with Crippen LogP contribution in [0.25, 0.3) is 0 Å². The van der Waals surface area contributed by atoms with E-state index in [0.717, 1.165) is 0 Å². The highest BCUT2D eigenvalue weighted by Gasteiger charge is 2.15. The number of thiocarbonyl (C=S) groups is 1. The third-order valence-corrected chi connectivity index (χ3v) is 3.00. The highest BCUT2D eigenvalue weighted by molar-refractivity contribution is 7.80. The highest BCUT2D eigenvalue weighted by Crippen LogP contribution is 2.28. The molecular weight excluding hydrogens is 266 g/mol. The number of hydrogen-bond acceptors (Lipinski definition) is 2. The Morgan fingerprint density at radius 1 is 1.16 bits per heavy atom. The van der Waals surface area contributed by atoms with E-state index in [9.17, 15) is 8.78 Å². The third kappa shape index (κ3) is 2.71. The first-order chi connectivity index (χ1) is 9.00. The molecule has 0 heterocycles. The van der Waals surface area contributed by atoms with Crippen LogP contribution in [0.2, 0.25) is 0 Å². The first-order valence-corrected chi connectivity index (χ1v) is 5.99. The maximum atomic E-state index is 13.8. The van der Waals surface area contributed by atoms with Crippen molar-refractivity contribution in [2.75, 3.05) is 11.9 Å². The summed E-state index contributed by atoms with van der Waals surface area (Å²) in [5, 5.41) is 0. The van der Waals surface area contributed by atoms with E-state index >= 15 is 0 Å². The summed E-state index contributed by atoms with van der Waals surface area (Å²) >= 11 is 4.87. The number of hydrogen-bond donors (Lipinski definition) is 1. The minimum absolute atomic E-state index is 0.0312. The molecule has 2 aromatic rings. The maximum absolute atomic E-state index is 13.8. The van der Waals surface area contributed by atoms with E-state index in [1.165, 1.54) is 18.2 Å². The van der Waals surface area contributed by atoms with Crippen LogP contribution in [-0.2, 0) is 0 Å². The lowest BCUT2D eigenvalue weighted by atomic mass is 10.1. The third-order valence-electron chi connectivity index (χ3n) is 2.79. The maximum Gasteiger partial charge on any atom is 0.135 e. The molecule has 0 bridgehead atoms. The Hall–Kier alpha value is -2.01. The topological polar surface area (TPSA) is 29.3 Å². The lowest BCUT2D eigenvalue weighted by Gasteiger charge is -2.22. The Kier molecular flexibility index (Phi) is 3.76. The van der Waals surface area contributed by atoms with E-state index in [0.29, 0.717) is 11.4 Å². The lowest BCUT2D eigenvalue weighted by molar-refractivity contribution is 0.625. The van der Waals surface area contributed by atoms with Crippen LogP contribution in [0.4, 0.5) is 20.2 Å². The Morgan fingerprint density at radius 2 is 1.84 bits per heavy atom. The van der Waals surface area contributed by atoms with Crippen molar-refractivity contribution in [3.8, 4) is 0 Å². The van der Waals surface area contributed by atoms with E-state index in [-0.39, 0.29) is 16.4 Å². The van der Waals surface area contributed by atoms with Crippen molar-refractivity contribution in [2.24, 2.45) is 5.73 Å². The molecule has 0 fully saturated rings. The van der Waals surface area contributed by atoms with Gasteiger partial charge in [-0.25, -0.2) is 8.78 Å². The van der Waals surface area contributed by atoms with Crippen molar-refractivity contribution in [1.29, 1.82) is 0 Å². The van der Waals surface area contributed by atoms with E-state index < -0.39 is 5.82 Å². The molecule has 0 aromatic heterocycles. The number of rotatable bonds is 3. The largest absolute Gasteiger partial charge is 0.389 e. The smallest absolute Gasteiger partial charge is 0.135 e. The Balaban J connectivity index is 2.53. The molecule has 0 aliphatic rings. The molecule has 2 aromatic carbocycles. The predicted molar refractivity (Wildman–Crippen MR) is 76.8 cm³/mol. The summed E-state index contributed by atoms with van der Waals surface area (Å²) in [4.78, 5) is 1.61. The van der Waals surface area contributed by atoms with Gasteiger partial charge in [-0.05, 0) is 30.3 Å². The van der Waals surface area contributed by atoms with Crippen LogP contribution < -0.4 is 10.6 Å². The molecule has 98 valence electrons. The van der Waals surface area contributed by atoms with Gasteiger partial charge >= 0.3 is 0 Å². The molecule has 0 saturated carbocycles. The average Bonchev–Trinajstić information content (AvgIpc) is 2.37. The van der Waals surface area contributed by atoms with Crippen LogP contribution in [0, 0.1) is 11.6 Å². The molecule has 2 rings (SSSR count). The number of nitrogens with zero attached hydrogens (tertiary/aromatic N) is 1. The second-order valence-electron chi connectivity index (χ2n) is 4.04. The van der Waals surface area contributed by atoms with Crippen LogP contribution in [0.3, 0.4) is 0 Å². The first kappa shape index (κ1) is 13.4. The quantitative estimate of drug-likeness (QED) is 0.873. The number of benzene rings is 2. The van der Waals surface area contributed by atoms with Crippen molar-refractivity contribution in [3.63, 3.8) is 0 Å². The fraction of sp³-hybridized carbons (Fsp3) is 0.0714. The summed E-state index contributed by atoms with van der Waals surface area (Å²) in [5.41, 5.74) is 6.79. The van der Waals surface area contributed by atoms with Gasteiger partial charge in [0.25, 0.3) is 0 Å². The SMILES string of the molecule is CN(c1cccc(F)c1)c1cccc(F)c1C(N)=S. The molecule has 0 aliphatic carbocycles. The summed E-state index contributed by atoms with van der Waals surface area (Å²) in [6.07, 6.45) is 0. The second kappa shape index (κ2) is 5.32. The molecular formula is C14H12F2N2S. The predicted octanol–water partition coefficient (Wildman–Crippen LogP) is 3.37. The van der Waals surface area contributed by atoms with Crippen molar-refractivity contribution in [1.82, 2.24) is 0 Å². The summed E-state index contributed by atoms with van der Waals surface area (Å²) < 4.78 is 27.0. The zero-order valence-electron chi connectivity index (χ0n) is 10.2. The molecule has 19 heavy (non-hydrogen) atoms. The Bertz CT molecular complexity index is 629. The van der Waals surface area contributed by atoms with Crippen molar-refractivity contribution in [3.05, 3.63) is 59.7 Å². The minimum Gasteiger partial charge on any atom is -0.389 e. The fourth-order valence-electron chi connectivity index (χ4n) is 1.86. The summed E-state index contributed by atoms with van der Waals surface area (Å²) in [7, 11) is 1.70. The first-order valence-electron chi connectivity index (χ1n) is 5.58. The van der Waals surface area contributed by atoms with Crippen LogP contribution in [0.15, 0.2) is 42.5 Å². The fourth-order valence-corrected chi connectivity index (χ4v) is 2.06. The van der Waals surface area contributed by atoms with Crippen molar-refractivity contribution in [2.45, 2.75) is 0 Å². The molecule has 0 saturated heterocycles. The van der Waals surface area contributed by atoms with E-state index in [1.54, 1.807) is 36.2 Å². The van der Waals surface area contributed by atoms with Gasteiger partial charge in [-0.15, -0.1) is 0 Å². The molecule has 0 spiro atoms. The summed E-state index contributed by atoms with van der Waals surface area (Å²) in [6, 6.07) is 10.5. The molecule has 2 nitrogen and oxygen atoms in total. The zero-order chi connectivity index (χ0) is 14.0. The molecule has 0 radical (unpaired) electrons. The monoisotopic (exact) mass is 278 g/mol. The standard InChI is InChI=1S/C14H12F2N2S/c1-18(10-5-2-4-9(15)8-10)12-7-3-6-11(16)13(12)14(17)19/h2-8H,1H3,(H2,17,19). The zero-order valence-corrected chi connectivity index (χ0v) is 11.0. The van der Waals surface area contributed by atoms with Crippen LogP contribution in [0.1, 0.15) is 5.56 Å². The normalized spacial score (nSPS) is 10.3. The molecule has 0 amide bonds. The van der Waals surface area contributed by atoms with Crippen LogP contribution in [0.5, 0.6) is 0 Å². The molecule has 5 heteroatoms. The highest BCUT2D eigenvalue weighted by atomic mass is 32.1. The van der Waals surface area contributed by atoms with Gasteiger partial charge in [-0.1, -0.05) is 24.4 Å². The van der Waals surface area contributed by atoms with E-state index in [1.807, 2.05) is 0 Å². The molecule has 0 aliphatic heterocycles. The van der Waals surface area contributed by atoms with Gasteiger partial charge in [0.2, 0.25) is 0 Å². The summed E-state index contributed by atoms with van der Waals surface area (Å²) in [5.74, 6) is -0.856. The van der Waals surface area contributed by atoms with Gasteiger partial charge in [0, 0.05) is 12.7 Å². The summed E-state index contributed by atoms with van der Waals surface area (Å²) in [6.45, 7) is 0. The van der Waals surface area contributed by atoms with Gasteiger partial charge in [0.15, 0.2) is 0 Å². The van der Waals surface area contributed by atoms with Gasteiger partial charge in [0.05, 0.1) is 11.3 Å². The molecule has 0 unspecified atom stereocenters. The van der Waals surface area contributed by atoms with Gasteiger partial charge < -0.3 is 10.6 Å². The van der Waals surface area contributed by atoms with Crippen molar-refractivity contribution < 1.29 is 8.78 Å². The lowest BCUT2D eigenvalue weighted by Crippen LogP contribution is -2.19. The van der Waals surface area contributed by atoms with Gasteiger partial charge in [0.1, 0.15) is 16.6 Å². The molecule has 2 N–H and O–H groups in total. The van der Waals surface area contributed by atoms with Crippen molar-refractivity contribution >= 4 is 28.6 Å². The Morgan fingerprint density at radius 3 is 2.47 bits per heavy atom. The number of anilines is 2. The average molecular weight is 278 g/mol. The van der Waals surface area contributed by atoms with E-state index in [4.69, 9.17) is 18.0 Å². The molecule has 0 atom stereocenters. The van der Waals surface area contributed by atoms with Gasteiger partial charge in [-0.3, -0.25) is 0 Å². The number of nitrogens with two attached hydrogens (primary N) is 1. The number of halogens is 2.